The molecule has 0 bridgehead atoms. The molecule has 2 aliphatic rings. The highest BCUT2D eigenvalue weighted by atomic mass is 16.3. The van der Waals surface area contributed by atoms with Crippen LogP contribution in [0.15, 0.2) is 251 Å². The number of furan rings is 2. The van der Waals surface area contributed by atoms with Crippen LogP contribution < -0.4 is 0 Å². The Morgan fingerprint density at radius 1 is 0.289 bits per heavy atom. The fourth-order valence-corrected chi connectivity index (χ4v) is 14.6. The first-order valence-electron chi connectivity index (χ1n) is 30.6. The topological polar surface area (TPSA) is 113 Å². The minimum absolute atomic E-state index is 0.348. The molecule has 6 aromatic heterocycles. The van der Waals surface area contributed by atoms with Gasteiger partial charge in [-0.25, -0.2) is 29.9 Å². The van der Waals surface area contributed by atoms with Gasteiger partial charge in [0.1, 0.15) is 22.7 Å². The monoisotopic (exact) mass is 1160 g/mol. The van der Waals surface area contributed by atoms with Crippen molar-refractivity contribution in [2.45, 2.75) is 38.5 Å². The van der Waals surface area contributed by atoms with Crippen LogP contribution in [0.25, 0.3) is 167 Å². The van der Waals surface area contributed by atoms with Gasteiger partial charge >= 0.3 is 0 Å². The summed E-state index contributed by atoms with van der Waals surface area (Å²) in [5, 5.41) is 8.89. The molecule has 0 saturated carbocycles. The summed E-state index contributed by atoms with van der Waals surface area (Å²) in [6.45, 7) is 9.11. The van der Waals surface area contributed by atoms with E-state index in [1.165, 1.54) is 27.5 Å². The van der Waals surface area contributed by atoms with Gasteiger partial charge in [-0.05, 0) is 116 Å². The van der Waals surface area contributed by atoms with E-state index in [0.29, 0.717) is 34.9 Å². The van der Waals surface area contributed by atoms with Gasteiger partial charge in [0.25, 0.3) is 0 Å². The second kappa shape index (κ2) is 18.5. The fraction of sp³-hybridized carbons (Fsp3) is 0.0750. The predicted molar refractivity (Wildman–Crippen MR) is 361 cm³/mol. The maximum absolute atomic E-state index is 7.31. The van der Waals surface area contributed by atoms with E-state index in [-0.39, 0.29) is 5.41 Å². The van der Waals surface area contributed by atoms with Crippen LogP contribution in [0.5, 0.6) is 0 Å². The maximum atomic E-state index is 7.31. The quantitative estimate of drug-likeness (QED) is 0.155. The van der Waals surface area contributed by atoms with E-state index in [1.807, 2.05) is 84.9 Å². The molecule has 0 atom stereocenters. The lowest BCUT2D eigenvalue weighted by atomic mass is 9.78. The zero-order valence-corrected chi connectivity index (χ0v) is 49.5. The van der Waals surface area contributed by atoms with Gasteiger partial charge in [-0.2, -0.15) is 0 Å². The van der Waals surface area contributed by atoms with Crippen molar-refractivity contribution in [3.05, 3.63) is 265 Å². The Labute approximate surface area is 516 Å². The number of fused-ring (bicyclic) bond motifs is 16. The zero-order chi connectivity index (χ0) is 59.7. The van der Waals surface area contributed by atoms with E-state index in [4.69, 9.17) is 38.7 Å². The summed E-state index contributed by atoms with van der Waals surface area (Å²) in [6.07, 6.45) is 0. The summed E-state index contributed by atoms with van der Waals surface area (Å²) in [5.74, 6) is 5.59. The average molecular weight is 1160 g/mol. The van der Waals surface area contributed by atoms with Crippen molar-refractivity contribution in [2.24, 2.45) is 0 Å². The van der Waals surface area contributed by atoms with Crippen molar-refractivity contribution >= 4 is 76.3 Å². The van der Waals surface area contributed by atoms with Crippen LogP contribution in [-0.4, -0.2) is 39.0 Å². The van der Waals surface area contributed by atoms with Gasteiger partial charge in [0.2, 0.25) is 0 Å². The molecule has 0 radical (unpaired) electrons. The second-order valence-electron chi connectivity index (χ2n) is 25.0. The first-order valence-corrected chi connectivity index (χ1v) is 30.6. The molecule has 0 aliphatic carbocycles. The van der Waals surface area contributed by atoms with E-state index >= 15 is 0 Å². The van der Waals surface area contributed by atoms with E-state index in [2.05, 4.69) is 195 Å². The van der Waals surface area contributed by atoms with Crippen LogP contribution in [0, 0.1) is 0 Å². The molecule has 0 fully saturated rings. The Kier molecular flexibility index (Phi) is 10.4. The third-order valence-corrected chi connectivity index (χ3v) is 19.1. The molecule has 0 N–H and O–H groups in total. The Hall–Kier alpha value is -11.6. The minimum atomic E-state index is -0.457. The summed E-state index contributed by atoms with van der Waals surface area (Å²) >= 11 is 0. The van der Waals surface area contributed by atoms with Crippen molar-refractivity contribution in [1.82, 2.24) is 39.0 Å². The summed E-state index contributed by atoms with van der Waals surface area (Å²) in [6, 6.07) is 85.1. The van der Waals surface area contributed by atoms with Gasteiger partial charge in [-0.1, -0.05) is 182 Å². The van der Waals surface area contributed by atoms with Crippen LogP contribution in [0.2, 0.25) is 0 Å². The highest BCUT2D eigenvalue weighted by Crippen LogP contribution is 2.54. The highest BCUT2D eigenvalue weighted by molar-refractivity contribution is 6.17. The number of hydrogen-bond donors (Lipinski definition) is 0. The molecule has 17 aromatic rings. The summed E-state index contributed by atoms with van der Waals surface area (Å²) < 4.78 is 18.9. The molecule has 424 valence electrons. The summed E-state index contributed by atoms with van der Waals surface area (Å²) in [4.78, 5) is 30.8. The van der Waals surface area contributed by atoms with Gasteiger partial charge in [0.05, 0.1) is 44.3 Å². The fourth-order valence-electron chi connectivity index (χ4n) is 14.6. The number of para-hydroxylation sites is 3. The van der Waals surface area contributed by atoms with Crippen molar-refractivity contribution in [3.63, 3.8) is 0 Å². The second-order valence-corrected chi connectivity index (χ2v) is 25.0. The molecule has 19 rings (SSSR count). The van der Waals surface area contributed by atoms with Crippen molar-refractivity contribution in [1.29, 1.82) is 0 Å². The molecule has 2 aliphatic heterocycles. The number of nitrogens with zero attached hydrogens (tertiary/aromatic N) is 8. The Morgan fingerprint density at radius 3 is 1.20 bits per heavy atom. The largest absolute Gasteiger partial charge is 0.458 e. The van der Waals surface area contributed by atoms with Gasteiger partial charge in [0.15, 0.2) is 34.9 Å². The third-order valence-electron chi connectivity index (χ3n) is 19.1. The number of rotatable bonds is 7. The average Bonchev–Trinajstić information content (AvgIpc) is 1.53. The Balaban J connectivity index is 0.707. The van der Waals surface area contributed by atoms with Crippen LogP contribution in [0.3, 0.4) is 0 Å². The molecule has 0 spiro atoms. The molecule has 0 amide bonds. The molecule has 0 unspecified atom stereocenters. The van der Waals surface area contributed by atoms with E-state index in [1.54, 1.807) is 0 Å². The van der Waals surface area contributed by atoms with Crippen molar-refractivity contribution < 1.29 is 8.83 Å². The lowest BCUT2D eigenvalue weighted by Crippen LogP contribution is -2.25. The SMILES string of the molecule is CC1(C)c2oc3ccccc3c2-n2c3ccc(-c4nc(-c5ccccc5)nc(-c5ccc(-c6ccc7ccc8c9c(oc8c7c6)C(C)(C)c6cccc7c8cc(-c%10nc(-c%11ccccc%11)nc(-c%11ccccc%11)n%10)ccc8n-9c67)cc5)n4)cc3c3cccc1c32. The number of benzene rings is 11. The molecule has 10 heteroatoms. The standard InChI is InChI=1S/C80H52N8O2/c1-79(2)61-27-16-25-54-59-43-53(37-40-63(59)87(66(54)61)68-56-24-14-15-29-65(56)89-71(68)79)78-85-75(49-22-12-7-13-23-49)82-76(86-78)50-33-30-45(31-34-50)51-35-32-46-36-39-57-69-72(90-70(57)58(46)42-51)80(3,4)62-28-17-26-55-60-44-52(38-41-64(60)88(69)67(55)62)77-83-73(47-18-8-5-9-19-47)81-74(84-77)48-20-10-6-11-21-48/h5-44H,1-4H3. The van der Waals surface area contributed by atoms with Crippen LogP contribution >= 0.6 is 0 Å². The van der Waals surface area contributed by atoms with Gasteiger partial charge in [-0.15, -0.1) is 0 Å². The first kappa shape index (κ1) is 50.5. The summed E-state index contributed by atoms with van der Waals surface area (Å²) in [7, 11) is 0. The minimum Gasteiger partial charge on any atom is -0.458 e. The molecular formula is C80H52N8O2. The number of hydrogen-bond acceptors (Lipinski definition) is 8. The lowest BCUT2D eigenvalue weighted by molar-refractivity contribution is 0.448. The molecule has 90 heavy (non-hydrogen) atoms. The van der Waals surface area contributed by atoms with Crippen LogP contribution in [0.4, 0.5) is 0 Å². The Morgan fingerprint density at radius 2 is 0.678 bits per heavy atom. The van der Waals surface area contributed by atoms with Gasteiger partial charge in [0, 0.05) is 71.1 Å². The molecule has 11 aromatic carbocycles. The first-order chi connectivity index (χ1) is 44.1. The molecule has 10 nitrogen and oxygen atoms in total. The zero-order valence-electron chi connectivity index (χ0n) is 49.5. The van der Waals surface area contributed by atoms with Crippen LogP contribution in [-0.2, 0) is 10.8 Å². The van der Waals surface area contributed by atoms with Gasteiger partial charge in [-0.3, -0.25) is 0 Å². The van der Waals surface area contributed by atoms with Gasteiger partial charge < -0.3 is 18.0 Å². The Bertz CT molecular complexity index is 5840. The van der Waals surface area contributed by atoms with Crippen molar-refractivity contribution in [2.75, 3.05) is 0 Å². The normalized spacial score (nSPS) is 13.7. The van der Waals surface area contributed by atoms with E-state index in [9.17, 15) is 0 Å². The predicted octanol–water partition coefficient (Wildman–Crippen LogP) is 19.8. The summed E-state index contributed by atoms with van der Waals surface area (Å²) in [5.41, 5.74) is 17.8. The van der Waals surface area contributed by atoms with Crippen molar-refractivity contribution in [3.8, 4) is 90.8 Å². The molecule has 8 heterocycles. The number of aromatic nitrogens is 8. The van der Waals surface area contributed by atoms with Crippen LogP contribution in [0.1, 0.15) is 50.3 Å². The lowest BCUT2D eigenvalue weighted by Gasteiger charge is -2.30. The molecule has 0 saturated heterocycles. The molecular weight excluding hydrogens is 1100 g/mol. The van der Waals surface area contributed by atoms with E-state index < -0.39 is 5.41 Å². The maximum Gasteiger partial charge on any atom is 0.164 e. The smallest absolute Gasteiger partial charge is 0.164 e. The third kappa shape index (κ3) is 7.21. The highest BCUT2D eigenvalue weighted by Gasteiger charge is 2.42. The van der Waals surface area contributed by atoms with E-state index in [0.717, 1.165) is 127 Å².